The van der Waals surface area contributed by atoms with E-state index in [1.807, 2.05) is 37.3 Å². The Hall–Kier alpha value is -3.44. The molecular weight excluding hydrogens is 510 g/mol. The molecule has 1 saturated carbocycles. The van der Waals surface area contributed by atoms with Crippen molar-refractivity contribution >= 4 is 38.8 Å². The number of carbonyl (C=O) groups is 2. The van der Waals surface area contributed by atoms with E-state index < -0.39 is 21.9 Å². The SMILES string of the molecule is CNC(=O)c1c(-c2ccc(C)cc2)oc2nc(N(CCCC(COC)C(=O)O)S(C)(=O)=O)c(C3CC3)cc12. The summed E-state index contributed by atoms with van der Waals surface area (Å²) in [5, 5.41) is 12.6. The van der Waals surface area contributed by atoms with Crippen LogP contribution < -0.4 is 9.62 Å². The van der Waals surface area contributed by atoms with Crippen molar-refractivity contribution in [2.24, 2.45) is 5.92 Å². The maximum atomic E-state index is 13.0. The Balaban J connectivity index is 1.81. The molecule has 4 rings (SSSR count). The summed E-state index contributed by atoms with van der Waals surface area (Å²) in [5.74, 6) is -1.32. The molecule has 0 bridgehead atoms. The Bertz CT molecular complexity index is 1440. The molecule has 1 aliphatic rings. The number of aliphatic carboxylic acids is 1. The Labute approximate surface area is 222 Å². The first kappa shape index (κ1) is 27.6. The minimum absolute atomic E-state index is 0.0438. The first-order valence-corrected chi connectivity index (χ1v) is 14.4. The maximum Gasteiger partial charge on any atom is 0.308 e. The number of anilines is 1. The predicted molar refractivity (Wildman–Crippen MR) is 144 cm³/mol. The van der Waals surface area contributed by atoms with Crippen molar-refractivity contribution in [2.45, 2.75) is 38.5 Å². The fourth-order valence-electron chi connectivity index (χ4n) is 4.57. The van der Waals surface area contributed by atoms with Crippen LogP contribution in [0.25, 0.3) is 22.4 Å². The highest BCUT2D eigenvalue weighted by molar-refractivity contribution is 7.92. The van der Waals surface area contributed by atoms with Crippen LogP contribution in [0, 0.1) is 12.8 Å². The van der Waals surface area contributed by atoms with Crippen LogP contribution in [0.4, 0.5) is 5.82 Å². The first-order valence-electron chi connectivity index (χ1n) is 12.5. The van der Waals surface area contributed by atoms with Crippen LogP contribution >= 0.6 is 0 Å². The highest BCUT2D eigenvalue weighted by Crippen LogP contribution is 2.46. The number of hydrogen-bond acceptors (Lipinski definition) is 7. The largest absolute Gasteiger partial charge is 0.481 e. The zero-order valence-electron chi connectivity index (χ0n) is 22.0. The topological polar surface area (TPSA) is 139 Å². The normalized spacial score (nSPS) is 14.4. The minimum atomic E-state index is -3.76. The van der Waals surface area contributed by atoms with Gasteiger partial charge in [-0.2, -0.15) is 4.98 Å². The van der Waals surface area contributed by atoms with E-state index in [9.17, 15) is 23.1 Å². The molecule has 1 unspecified atom stereocenters. The lowest BCUT2D eigenvalue weighted by Gasteiger charge is -2.24. The van der Waals surface area contributed by atoms with Crippen molar-refractivity contribution < 1.29 is 32.3 Å². The van der Waals surface area contributed by atoms with Crippen LogP contribution in [0.2, 0.25) is 0 Å². The fourth-order valence-corrected chi connectivity index (χ4v) is 5.49. The number of benzene rings is 1. The van der Waals surface area contributed by atoms with Gasteiger partial charge in [0, 0.05) is 26.3 Å². The van der Waals surface area contributed by atoms with E-state index in [4.69, 9.17) is 9.15 Å². The predicted octanol–water partition coefficient (Wildman–Crippen LogP) is 3.93. The smallest absolute Gasteiger partial charge is 0.308 e. The Morgan fingerprint density at radius 2 is 1.95 bits per heavy atom. The zero-order valence-corrected chi connectivity index (χ0v) is 22.8. The van der Waals surface area contributed by atoms with E-state index in [-0.39, 0.29) is 42.9 Å². The summed E-state index contributed by atoms with van der Waals surface area (Å²) in [6.07, 6.45) is 3.41. The number of aryl methyl sites for hydroxylation is 1. The lowest BCUT2D eigenvalue weighted by molar-refractivity contribution is -0.143. The lowest BCUT2D eigenvalue weighted by atomic mass is 10.0. The van der Waals surface area contributed by atoms with Crippen molar-refractivity contribution in [3.05, 3.63) is 47.0 Å². The Morgan fingerprint density at radius 1 is 1.26 bits per heavy atom. The summed E-state index contributed by atoms with van der Waals surface area (Å²) < 4.78 is 38.2. The Kier molecular flexibility index (Phi) is 8.08. The summed E-state index contributed by atoms with van der Waals surface area (Å²) >= 11 is 0. The second kappa shape index (κ2) is 11.1. The molecule has 2 heterocycles. The number of pyridine rings is 1. The van der Waals surface area contributed by atoms with Crippen LogP contribution in [-0.2, 0) is 19.6 Å². The molecule has 0 radical (unpaired) electrons. The average Bonchev–Trinajstić information content (AvgIpc) is 3.64. The van der Waals surface area contributed by atoms with Gasteiger partial charge in [-0.1, -0.05) is 29.8 Å². The molecule has 10 nitrogen and oxygen atoms in total. The van der Waals surface area contributed by atoms with E-state index in [1.165, 1.54) is 11.4 Å². The van der Waals surface area contributed by atoms with Crippen LogP contribution in [0.1, 0.15) is 53.1 Å². The van der Waals surface area contributed by atoms with Gasteiger partial charge in [-0.15, -0.1) is 0 Å². The van der Waals surface area contributed by atoms with Gasteiger partial charge in [0.25, 0.3) is 5.91 Å². The fraction of sp³-hybridized carbons (Fsp3) is 0.444. The molecule has 0 spiro atoms. The number of amides is 1. The number of fused-ring (bicyclic) bond motifs is 1. The summed E-state index contributed by atoms with van der Waals surface area (Å²) in [4.78, 5) is 29.2. The van der Waals surface area contributed by atoms with Crippen molar-refractivity contribution in [3.8, 4) is 11.3 Å². The van der Waals surface area contributed by atoms with Gasteiger partial charge < -0.3 is 19.6 Å². The number of carboxylic acid groups (broad SMARTS) is 1. The quantitative estimate of drug-likeness (QED) is 0.350. The van der Waals surface area contributed by atoms with E-state index in [0.717, 1.165) is 30.2 Å². The third-order valence-electron chi connectivity index (χ3n) is 6.74. The van der Waals surface area contributed by atoms with Gasteiger partial charge in [-0.3, -0.25) is 13.9 Å². The van der Waals surface area contributed by atoms with Crippen LogP contribution in [0.5, 0.6) is 0 Å². The van der Waals surface area contributed by atoms with Gasteiger partial charge in [-0.05, 0) is 50.2 Å². The molecule has 2 aromatic heterocycles. The molecule has 11 heteroatoms. The molecule has 1 aliphatic carbocycles. The van der Waals surface area contributed by atoms with E-state index >= 15 is 0 Å². The molecule has 1 fully saturated rings. The second-order valence-corrected chi connectivity index (χ2v) is 11.7. The minimum Gasteiger partial charge on any atom is -0.481 e. The summed E-state index contributed by atoms with van der Waals surface area (Å²) in [6, 6.07) is 9.39. The van der Waals surface area contributed by atoms with E-state index in [1.54, 1.807) is 7.05 Å². The van der Waals surface area contributed by atoms with Crippen LogP contribution in [0.15, 0.2) is 34.7 Å². The van der Waals surface area contributed by atoms with Gasteiger partial charge >= 0.3 is 5.97 Å². The molecule has 1 aromatic carbocycles. The molecule has 1 amide bonds. The van der Waals surface area contributed by atoms with E-state index in [0.29, 0.717) is 28.7 Å². The van der Waals surface area contributed by atoms with Crippen molar-refractivity contribution in [1.29, 1.82) is 0 Å². The summed E-state index contributed by atoms with van der Waals surface area (Å²) in [7, 11) is -0.779. The average molecular weight is 544 g/mol. The third kappa shape index (κ3) is 5.83. The number of carbonyl (C=O) groups excluding carboxylic acids is 1. The standard InChI is InChI=1S/C27H33N3O7S/c1-16-7-9-18(10-8-16)23-22(25(31)28-2)21-14-20(17-11-12-17)24(29-26(21)37-23)30(38(4,34)35)13-5-6-19(15-36-3)27(32)33/h7-10,14,17,19H,5-6,11-13,15H2,1-4H3,(H,28,31)(H,32,33). The van der Waals surface area contributed by atoms with Crippen LogP contribution in [-0.4, -0.2) is 63.9 Å². The highest BCUT2D eigenvalue weighted by atomic mass is 32.2. The molecule has 38 heavy (non-hydrogen) atoms. The molecule has 2 N–H and O–H groups in total. The second-order valence-electron chi connectivity index (χ2n) is 9.75. The number of furan rings is 1. The number of hydrogen-bond donors (Lipinski definition) is 2. The van der Waals surface area contributed by atoms with Gasteiger partial charge in [-0.25, -0.2) is 8.42 Å². The number of nitrogens with zero attached hydrogens (tertiary/aromatic N) is 2. The maximum absolute atomic E-state index is 13.0. The number of rotatable bonds is 12. The zero-order chi connectivity index (χ0) is 27.6. The summed E-state index contributed by atoms with van der Waals surface area (Å²) in [6.45, 7) is 2.06. The lowest BCUT2D eigenvalue weighted by Crippen LogP contribution is -2.33. The number of carboxylic acids is 1. The molecular formula is C27H33N3O7S. The Morgan fingerprint density at radius 3 is 2.50 bits per heavy atom. The summed E-state index contributed by atoms with van der Waals surface area (Å²) in [5.41, 5.74) is 3.01. The monoisotopic (exact) mass is 543 g/mol. The van der Waals surface area contributed by atoms with Gasteiger partial charge in [0.05, 0.1) is 29.7 Å². The highest BCUT2D eigenvalue weighted by Gasteiger charge is 2.34. The van der Waals surface area contributed by atoms with Gasteiger partial charge in [0.15, 0.2) is 0 Å². The molecule has 1 atom stereocenters. The van der Waals surface area contributed by atoms with Crippen molar-refractivity contribution in [3.63, 3.8) is 0 Å². The van der Waals surface area contributed by atoms with E-state index in [2.05, 4.69) is 10.3 Å². The first-order chi connectivity index (χ1) is 18.0. The number of aromatic nitrogens is 1. The van der Waals surface area contributed by atoms with Crippen molar-refractivity contribution in [2.75, 3.05) is 37.9 Å². The molecule has 204 valence electrons. The molecule has 0 saturated heterocycles. The number of sulfonamides is 1. The molecule has 3 aromatic rings. The third-order valence-corrected chi connectivity index (χ3v) is 7.90. The van der Waals surface area contributed by atoms with Gasteiger partial charge in [0.2, 0.25) is 15.7 Å². The van der Waals surface area contributed by atoms with Gasteiger partial charge in [0.1, 0.15) is 11.6 Å². The number of methoxy groups -OCH3 is 1. The number of nitrogens with one attached hydrogen (secondary N) is 1. The number of ether oxygens (including phenoxy) is 1. The molecule has 0 aliphatic heterocycles. The van der Waals surface area contributed by atoms with Crippen molar-refractivity contribution in [1.82, 2.24) is 10.3 Å². The van der Waals surface area contributed by atoms with Crippen LogP contribution in [0.3, 0.4) is 0 Å².